The van der Waals surface area contributed by atoms with Crippen molar-refractivity contribution in [2.75, 3.05) is 5.43 Å². The second kappa shape index (κ2) is 7.93. The predicted molar refractivity (Wildman–Crippen MR) is 111 cm³/mol. The van der Waals surface area contributed by atoms with Crippen LogP contribution in [0.3, 0.4) is 0 Å². The largest absolute Gasteiger partial charge is 0.329 e. The van der Waals surface area contributed by atoms with E-state index in [1.54, 1.807) is 23.8 Å². The molecule has 3 rings (SSSR count). The summed E-state index contributed by atoms with van der Waals surface area (Å²) in [7, 11) is 1.54. The third-order valence-corrected chi connectivity index (χ3v) is 4.49. The maximum absolute atomic E-state index is 12.3. The number of H-pyrrole nitrogens is 1. The Morgan fingerprint density at radius 2 is 2.07 bits per heavy atom. The highest BCUT2D eigenvalue weighted by Gasteiger charge is 2.16. The number of aromatic nitrogens is 4. The molecule has 0 unspecified atom stereocenters. The van der Waals surface area contributed by atoms with Crippen molar-refractivity contribution in [3.05, 3.63) is 66.2 Å². The minimum absolute atomic E-state index is 0.255. The molecule has 10 heteroatoms. The number of halogens is 2. The van der Waals surface area contributed by atoms with Gasteiger partial charge in [-0.05, 0) is 24.6 Å². The van der Waals surface area contributed by atoms with E-state index in [4.69, 9.17) is 11.6 Å². The molecule has 2 aromatic heterocycles. The normalized spacial score (nSPS) is 12.2. The molecule has 1 aromatic carbocycles. The molecule has 3 aromatic rings. The molecule has 0 amide bonds. The molecular weight excluding hydrogens is 436 g/mol. The first-order valence-electron chi connectivity index (χ1n) is 7.93. The summed E-state index contributed by atoms with van der Waals surface area (Å²) in [5.41, 5.74) is 3.17. The Kier molecular flexibility index (Phi) is 5.62. The maximum atomic E-state index is 12.3. The molecule has 0 bridgehead atoms. The van der Waals surface area contributed by atoms with Crippen LogP contribution >= 0.6 is 27.5 Å². The van der Waals surface area contributed by atoms with Crippen LogP contribution in [0.2, 0.25) is 0 Å². The van der Waals surface area contributed by atoms with Crippen molar-refractivity contribution in [2.45, 2.75) is 13.5 Å². The number of aryl methyl sites for hydroxylation is 1. The van der Waals surface area contributed by atoms with E-state index in [1.807, 2.05) is 24.3 Å². The average Bonchev–Trinajstić information content (AvgIpc) is 2.99. The number of anilines is 1. The number of allylic oxidation sites excluding steroid dienone is 2. The summed E-state index contributed by atoms with van der Waals surface area (Å²) in [6.45, 7) is 2.03. The van der Waals surface area contributed by atoms with Crippen molar-refractivity contribution < 1.29 is 0 Å². The molecule has 0 aliphatic rings. The molecule has 0 aliphatic carbocycles. The Morgan fingerprint density at radius 1 is 1.37 bits per heavy atom. The van der Waals surface area contributed by atoms with Gasteiger partial charge in [-0.2, -0.15) is 10.1 Å². The lowest BCUT2D eigenvalue weighted by atomic mass is 10.2. The zero-order valence-electron chi connectivity index (χ0n) is 14.5. The van der Waals surface area contributed by atoms with E-state index in [9.17, 15) is 9.59 Å². The van der Waals surface area contributed by atoms with Crippen LogP contribution in [0.25, 0.3) is 11.2 Å². The van der Waals surface area contributed by atoms with E-state index in [0.717, 1.165) is 10.0 Å². The molecule has 2 heterocycles. The summed E-state index contributed by atoms with van der Waals surface area (Å²) in [5.74, 6) is 0.319. The maximum Gasteiger partial charge on any atom is 0.329 e. The van der Waals surface area contributed by atoms with E-state index in [2.05, 4.69) is 36.4 Å². The van der Waals surface area contributed by atoms with Crippen molar-refractivity contribution in [2.24, 2.45) is 12.1 Å². The smallest absolute Gasteiger partial charge is 0.299 e. The van der Waals surface area contributed by atoms with Crippen LogP contribution in [0.15, 0.2) is 54.5 Å². The summed E-state index contributed by atoms with van der Waals surface area (Å²) in [6.07, 6.45) is 3.36. The van der Waals surface area contributed by atoms with E-state index in [0.29, 0.717) is 17.5 Å². The number of hydrogen-bond acceptors (Lipinski definition) is 5. The van der Waals surface area contributed by atoms with Gasteiger partial charge in [-0.25, -0.2) is 10.2 Å². The monoisotopic (exact) mass is 450 g/mol. The third kappa shape index (κ3) is 4.20. The van der Waals surface area contributed by atoms with Crippen LogP contribution in [-0.2, 0) is 13.6 Å². The Hall–Kier alpha value is -2.65. The van der Waals surface area contributed by atoms with Gasteiger partial charge in [0, 0.05) is 23.1 Å². The van der Waals surface area contributed by atoms with Crippen molar-refractivity contribution in [3.8, 4) is 0 Å². The van der Waals surface area contributed by atoms with Crippen molar-refractivity contribution in [3.63, 3.8) is 0 Å². The second-order valence-corrected chi connectivity index (χ2v) is 7.26. The van der Waals surface area contributed by atoms with Gasteiger partial charge in [0.25, 0.3) is 5.56 Å². The number of fused-ring (bicyclic) bond motifs is 1. The third-order valence-electron chi connectivity index (χ3n) is 3.81. The lowest BCUT2D eigenvalue weighted by Gasteiger charge is -2.05. The lowest BCUT2D eigenvalue weighted by Crippen LogP contribution is -2.29. The first-order valence-corrected chi connectivity index (χ1v) is 9.10. The number of hydrogen-bond donors (Lipinski definition) is 2. The van der Waals surface area contributed by atoms with E-state index in [-0.39, 0.29) is 11.2 Å². The fraction of sp³-hybridized carbons (Fsp3) is 0.176. The molecule has 2 N–H and O–H groups in total. The lowest BCUT2D eigenvalue weighted by molar-refractivity contribution is 0.818. The molecule has 8 nitrogen and oxygen atoms in total. The van der Waals surface area contributed by atoms with Crippen LogP contribution in [0.1, 0.15) is 12.5 Å². The highest BCUT2D eigenvalue weighted by molar-refractivity contribution is 9.10. The summed E-state index contributed by atoms with van der Waals surface area (Å²) >= 11 is 9.30. The Balaban J connectivity index is 2.04. The number of hydrazone groups is 1. The zero-order valence-corrected chi connectivity index (χ0v) is 16.9. The number of nitrogens with one attached hydrogen (secondary N) is 2. The molecule has 0 fully saturated rings. The zero-order chi connectivity index (χ0) is 19.6. The van der Waals surface area contributed by atoms with Gasteiger partial charge in [-0.15, -0.1) is 0 Å². The van der Waals surface area contributed by atoms with E-state index < -0.39 is 11.2 Å². The van der Waals surface area contributed by atoms with Crippen molar-refractivity contribution >= 4 is 50.9 Å². The number of rotatable bonds is 5. The van der Waals surface area contributed by atoms with E-state index in [1.165, 1.54) is 11.6 Å². The number of aromatic amines is 1. The first kappa shape index (κ1) is 19.1. The van der Waals surface area contributed by atoms with Gasteiger partial charge in [-0.1, -0.05) is 45.7 Å². The fourth-order valence-corrected chi connectivity index (χ4v) is 2.76. The van der Waals surface area contributed by atoms with Crippen LogP contribution in [0.4, 0.5) is 5.95 Å². The minimum atomic E-state index is -0.536. The molecule has 0 saturated heterocycles. The SMILES string of the molecule is CC(Cl)=CCn1c(NN=Cc2ccc(Br)cc2)nc2c1c(=O)[nH]c(=O)n2C. The van der Waals surface area contributed by atoms with Gasteiger partial charge >= 0.3 is 5.69 Å². The van der Waals surface area contributed by atoms with Gasteiger partial charge in [-0.3, -0.25) is 18.9 Å². The summed E-state index contributed by atoms with van der Waals surface area (Å²) < 4.78 is 3.85. The van der Waals surface area contributed by atoms with Crippen LogP contribution in [0.5, 0.6) is 0 Å². The van der Waals surface area contributed by atoms with Crippen molar-refractivity contribution in [1.82, 2.24) is 19.1 Å². The molecule has 0 spiro atoms. The topological polar surface area (TPSA) is 97.1 Å². The highest BCUT2D eigenvalue weighted by Crippen LogP contribution is 2.16. The highest BCUT2D eigenvalue weighted by atomic mass is 79.9. The quantitative estimate of drug-likeness (QED) is 0.460. The van der Waals surface area contributed by atoms with Crippen LogP contribution in [0, 0.1) is 0 Å². The summed E-state index contributed by atoms with van der Waals surface area (Å²) in [4.78, 5) is 30.8. The molecule has 0 saturated carbocycles. The second-order valence-electron chi connectivity index (χ2n) is 5.75. The number of nitrogens with zero attached hydrogens (tertiary/aromatic N) is 4. The molecule has 27 heavy (non-hydrogen) atoms. The van der Waals surface area contributed by atoms with Crippen LogP contribution < -0.4 is 16.7 Å². The first-order chi connectivity index (χ1) is 12.9. The van der Waals surface area contributed by atoms with Gasteiger partial charge < -0.3 is 0 Å². The number of imidazole rings is 1. The van der Waals surface area contributed by atoms with Crippen LogP contribution in [-0.4, -0.2) is 25.3 Å². The standard InChI is InChI=1S/C17H16BrClN6O2/c1-10(19)7-8-25-13-14(24(2)17(27)22-15(13)26)21-16(25)23-20-9-11-3-5-12(18)6-4-11/h3-7,9H,8H2,1-2H3,(H,21,23)(H,22,26,27). The predicted octanol–water partition coefficient (Wildman–Crippen LogP) is 2.77. The van der Waals surface area contributed by atoms with E-state index >= 15 is 0 Å². The molecular formula is C17H16BrClN6O2. The average molecular weight is 452 g/mol. The molecule has 140 valence electrons. The van der Waals surface area contributed by atoms with Gasteiger partial charge in [0.1, 0.15) is 0 Å². The summed E-state index contributed by atoms with van der Waals surface area (Å²) in [5, 5.41) is 4.75. The number of benzene rings is 1. The Morgan fingerprint density at radius 3 is 2.74 bits per heavy atom. The minimum Gasteiger partial charge on any atom is -0.299 e. The Labute approximate surface area is 167 Å². The van der Waals surface area contributed by atoms with Gasteiger partial charge in [0.05, 0.1) is 6.21 Å². The van der Waals surface area contributed by atoms with Crippen molar-refractivity contribution in [1.29, 1.82) is 0 Å². The molecule has 0 atom stereocenters. The molecule has 0 radical (unpaired) electrons. The summed E-state index contributed by atoms with van der Waals surface area (Å²) in [6, 6.07) is 7.60. The fourth-order valence-electron chi connectivity index (χ4n) is 2.43. The van der Waals surface area contributed by atoms with Gasteiger partial charge in [0.2, 0.25) is 5.95 Å². The van der Waals surface area contributed by atoms with Gasteiger partial charge in [0.15, 0.2) is 11.2 Å². The molecule has 0 aliphatic heterocycles. The Bertz CT molecular complexity index is 1150.